The van der Waals surface area contributed by atoms with Gasteiger partial charge in [0, 0.05) is 31.0 Å². The number of Topliss-reactive ketones (excluding diaryl/α,β-unsaturated/α-hetero) is 1. The molecule has 0 aromatic heterocycles. The summed E-state index contributed by atoms with van der Waals surface area (Å²) in [5.74, 6) is -0.00553. The fourth-order valence-corrected chi connectivity index (χ4v) is 2.55. The number of benzene rings is 1. The minimum Gasteiger partial charge on any atom is -0.355 e. The first-order chi connectivity index (χ1) is 10.2. The summed E-state index contributed by atoms with van der Waals surface area (Å²) < 4.78 is 0. The molecular weight excluding hydrogens is 264 g/mol. The molecule has 1 aliphatic rings. The Morgan fingerprint density at radius 1 is 1.24 bits per heavy atom. The lowest BCUT2D eigenvalue weighted by Gasteiger charge is -2.11. The van der Waals surface area contributed by atoms with Crippen molar-refractivity contribution in [2.24, 2.45) is 0 Å². The van der Waals surface area contributed by atoms with E-state index in [2.05, 4.69) is 17.6 Å². The summed E-state index contributed by atoms with van der Waals surface area (Å²) in [6.07, 6.45) is 3.79. The highest BCUT2D eigenvalue weighted by molar-refractivity contribution is 5.97. The van der Waals surface area contributed by atoms with Crippen molar-refractivity contribution in [3.05, 3.63) is 35.4 Å². The standard InChI is InChI=1S/C17H24N2O2/c1-2-13-5-7-14(8-6-13)16(20)9-10-17(21)19-12-15-4-3-11-18-15/h5-8,15,18H,2-4,9-12H2,1H3,(H,19,21). The van der Waals surface area contributed by atoms with E-state index in [0.717, 1.165) is 19.4 Å². The van der Waals surface area contributed by atoms with Gasteiger partial charge in [-0.1, -0.05) is 31.2 Å². The van der Waals surface area contributed by atoms with E-state index in [4.69, 9.17) is 0 Å². The normalized spacial score (nSPS) is 17.7. The highest BCUT2D eigenvalue weighted by Gasteiger charge is 2.15. The number of rotatable bonds is 7. The second-order valence-electron chi connectivity index (χ2n) is 5.57. The van der Waals surface area contributed by atoms with Gasteiger partial charge in [-0.05, 0) is 31.4 Å². The summed E-state index contributed by atoms with van der Waals surface area (Å²) in [5, 5.41) is 6.23. The van der Waals surface area contributed by atoms with E-state index in [-0.39, 0.29) is 24.5 Å². The van der Waals surface area contributed by atoms with Crippen molar-refractivity contribution >= 4 is 11.7 Å². The van der Waals surface area contributed by atoms with Crippen LogP contribution in [0.4, 0.5) is 0 Å². The molecule has 1 amide bonds. The van der Waals surface area contributed by atoms with Gasteiger partial charge in [0.05, 0.1) is 0 Å². The van der Waals surface area contributed by atoms with E-state index < -0.39 is 0 Å². The molecule has 2 rings (SSSR count). The Hall–Kier alpha value is -1.68. The fraction of sp³-hybridized carbons (Fsp3) is 0.529. The van der Waals surface area contributed by atoms with Gasteiger partial charge in [-0.3, -0.25) is 9.59 Å². The van der Waals surface area contributed by atoms with Gasteiger partial charge in [0.2, 0.25) is 5.91 Å². The van der Waals surface area contributed by atoms with E-state index in [9.17, 15) is 9.59 Å². The lowest BCUT2D eigenvalue weighted by Crippen LogP contribution is -2.37. The van der Waals surface area contributed by atoms with Crippen LogP contribution < -0.4 is 10.6 Å². The third kappa shape index (κ3) is 4.97. The molecule has 1 fully saturated rings. The maximum Gasteiger partial charge on any atom is 0.220 e. The van der Waals surface area contributed by atoms with Gasteiger partial charge >= 0.3 is 0 Å². The Morgan fingerprint density at radius 2 is 2.00 bits per heavy atom. The maximum atomic E-state index is 12.0. The van der Waals surface area contributed by atoms with Gasteiger partial charge in [-0.2, -0.15) is 0 Å². The molecule has 0 spiro atoms. The highest BCUT2D eigenvalue weighted by Crippen LogP contribution is 2.09. The molecule has 1 aromatic rings. The molecule has 1 aromatic carbocycles. The van der Waals surface area contributed by atoms with Crippen LogP contribution in [0.5, 0.6) is 0 Å². The van der Waals surface area contributed by atoms with Gasteiger partial charge in [0.1, 0.15) is 0 Å². The minimum atomic E-state index is -0.0396. The SMILES string of the molecule is CCc1ccc(C(=O)CCC(=O)NCC2CCCN2)cc1. The number of carbonyl (C=O) groups excluding carboxylic acids is 2. The molecule has 2 N–H and O–H groups in total. The summed E-state index contributed by atoms with van der Waals surface area (Å²) in [4.78, 5) is 23.8. The summed E-state index contributed by atoms with van der Waals surface area (Å²) >= 11 is 0. The van der Waals surface area contributed by atoms with Crippen LogP contribution in [0.25, 0.3) is 0 Å². The van der Waals surface area contributed by atoms with Crippen molar-refractivity contribution < 1.29 is 9.59 Å². The van der Waals surface area contributed by atoms with Crippen LogP contribution in [0.2, 0.25) is 0 Å². The van der Waals surface area contributed by atoms with Gasteiger partial charge in [-0.15, -0.1) is 0 Å². The number of carbonyl (C=O) groups is 2. The Bertz CT molecular complexity index is 476. The van der Waals surface area contributed by atoms with Crippen molar-refractivity contribution in [3.8, 4) is 0 Å². The van der Waals surface area contributed by atoms with E-state index in [1.54, 1.807) is 0 Å². The van der Waals surface area contributed by atoms with E-state index >= 15 is 0 Å². The Kier molecular flexibility index (Phi) is 5.93. The third-order valence-electron chi connectivity index (χ3n) is 3.97. The number of hydrogen-bond donors (Lipinski definition) is 2. The Balaban J connectivity index is 1.70. The molecule has 0 aliphatic carbocycles. The zero-order valence-corrected chi connectivity index (χ0v) is 12.7. The highest BCUT2D eigenvalue weighted by atomic mass is 16.2. The third-order valence-corrected chi connectivity index (χ3v) is 3.97. The predicted molar refractivity (Wildman–Crippen MR) is 83.4 cm³/mol. The first kappa shape index (κ1) is 15.7. The van der Waals surface area contributed by atoms with Gasteiger partial charge in [0.25, 0.3) is 0 Å². The van der Waals surface area contributed by atoms with Crippen molar-refractivity contribution in [2.45, 2.75) is 45.1 Å². The molecule has 1 heterocycles. The van der Waals surface area contributed by atoms with Crippen LogP contribution in [0.1, 0.15) is 48.5 Å². The molecule has 0 radical (unpaired) electrons. The zero-order chi connectivity index (χ0) is 15.1. The summed E-state index contributed by atoms with van der Waals surface area (Å²) in [6.45, 7) is 3.78. The lowest BCUT2D eigenvalue weighted by atomic mass is 10.0. The number of ketones is 1. The van der Waals surface area contributed by atoms with Crippen LogP contribution in [-0.2, 0) is 11.2 Å². The van der Waals surface area contributed by atoms with Crippen molar-refractivity contribution in [1.29, 1.82) is 0 Å². The first-order valence-electron chi connectivity index (χ1n) is 7.81. The second kappa shape index (κ2) is 7.93. The summed E-state index contributed by atoms with van der Waals surface area (Å²) in [7, 11) is 0. The van der Waals surface area contributed by atoms with Gasteiger partial charge < -0.3 is 10.6 Å². The number of hydrogen-bond acceptors (Lipinski definition) is 3. The summed E-state index contributed by atoms with van der Waals surface area (Å²) in [5.41, 5.74) is 1.91. The molecule has 114 valence electrons. The molecule has 1 unspecified atom stereocenters. The zero-order valence-electron chi connectivity index (χ0n) is 12.7. The predicted octanol–water partition coefficient (Wildman–Crippen LogP) is 2.08. The quantitative estimate of drug-likeness (QED) is 0.755. The number of nitrogens with one attached hydrogen (secondary N) is 2. The maximum absolute atomic E-state index is 12.0. The van der Waals surface area contributed by atoms with Crippen LogP contribution in [0.15, 0.2) is 24.3 Å². The average molecular weight is 288 g/mol. The minimum absolute atomic E-state index is 0.0341. The smallest absolute Gasteiger partial charge is 0.220 e. The monoisotopic (exact) mass is 288 g/mol. The molecule has 0 saturated carbocycles. The summed E-state index contributed by atoms with van der Waals surface area (Å²) in [6, 6.07) is 8.03. The molecule has 4 nitrogen and oxygen atoms in total. The van der Waals surface area contributed by atoms with E-state index in [1.165, 1.54) is 12.0 Å². The number of aryl methyl sites for hydroxylation is 1. The van der Waals surface area contributed by atoms with Gasteiger partial charge in [0.15, 0.2) is 5.78 Å². The fourth-order valence-electron chi connectivity index (χ4n) is 2.55. The van der Waals surface area contributed by atoms with Crippen LogP contribution in [-0.4, -0.2) is 30.8 Å². The molecule has 0 bridgehead atoms. The van der Waals surface area contributed by atoms with Crippen molar-refractivity contribution in [3.63, 3.8) is 0 Å². The van der Waals surface area contributed by atoms with Crippen molar-refractivity contribution in [2.75, 3.05) is 13.1 Å². The van der Waals surface area contributed by atoms with Crippen LogP contribution in [0.3, 0.4) is 0 Å². The topological polar surface area (TPSA) is 58.2 Å². The molecule has 4 heteroatoms. The largest absolute Gasteiger partial charge is 0.355 e. The van der Waals surface area contributed by atoms with Crippen LogP contribution >= 0.6 is 0 Å². The first-order valence-corrected chi connectivity index (χ1v) is 7.81. The second-order valence-corrected chi connectivity index (χ2v) is 5.57. The number of amides is 1. The van der Waals surface area contributed by atoms with Crippen LogP contribution in [0, 0.1) is 0 Å². The molecular formula is C17H24N2O2. The molecule has 1 atom stereocenters. The van der Waals surface area contributed by atoms with E-state index in [0.29, 0.717) is 18.2 Å². The molecule has 21 heavy (non-hydrogen) atoms. The Labute approximate surface area is 126 Å². The Morgan fingerprint density at radius 3 is 2.62 bits per heavy atom. The van der Waals surface area contributed by atoms with E-state index in [1.807, 2.05) is 24.3 Å². The average Bonchev–Trinajstić information content (AvgIpc) is 3.04. The lowest BCUT2D eigenvalue weighted by molar-refractivity contribution is -0.121. The van der Waals surface area contributed by atoms with Crippen molar-refractivity contribution in [1.82, 2.24) is 10.6 Å². The van der Waals surface area contributed by atoms with Gasteiger partial charge in [-0.25, -0.2) is 0 Å². The molecule has 1 aliphatic heterocycles. The molecule has 1 saturated heterocycles.